The van der Waals surface area contributed by atoms with Gasteiger partial charge in [-0.15, -0.1) is 5.10 Å². The molecule has 0 amide bonds. The number of hydrogen-bond acceptors (Lipinski definition) is 4. The van der Waals surface area contributed by atoms with Crippen LogP contribution in [-0.2, 0) is 4.79 Å². The van der Waals surface area contributed by atoms with Gasteiger partial charge in [0.15, 0.2) is 0 Å². The lowest BCUT2D eigenvalue weighted by atomic mass is 10.1. The quantitative estimate of drug-likeness (QED) is 0.677. The van der Waals surface area contributed by atoms with Crippen molar-refractivity contribution < 1.29 is 23.1 Å². The van der Waals surface area contributed by atoms with Crippen molar-refractivity contribution in [2.75, 3.05) is 13.1 Å². The van der Waals surface area contributed by atoms with Crippen molar-refractivity contribution in [2.24, 2.45) is 0 Å². The molecule has 1 atom stereocenters. The van der Waals surface area contributed by atoms with Crippen LogP contribution in [0.25, 0.3) is 0 Å². The summed E-state index contributed by atoms with van der Waals surface area (Å²) in [5.41, 5.74) is 1.09. The molecule has 6 nitrogen and oxygen atoms in total. The molecule has 96 valence electrons. The summed E-state index contributed by atoms with van der Waals surface area (Å²) in [4.78, 5) is 8.90. The second kappa shape index (κ2) is 5.62. The van der Waals surface area contributed by atoms with E-state index in [1.54, 1.807) is 0 Å². The van der Waals surface area contributed by atoms with Crippen LogP contribution >= 0.6 is 0 Å². The van der Waals surface area contributed by atoms with Crippen LogP contribution in [0.3, 0.4) is 0 Å². The number of carboxylic acids is 1. The summed E-state index contributed by atoms with van der Waals surface area (Å²) in [7, 11) is 0. The first-order chi connectivity index (χ1) is 7.91. The number of H-pyrrole nitrogens is 1. The van der Waals surface area contributed by atoms with E-state index in [2.05, 4.69) is 20.7 Å². The van der Waals surface area contributed by atoms with Crippen LogP contribution in [-0.4, -0.2) is 45.8 Å². The average molecular weight is 252 g/mol. The molecule has 3 N–H and O–H groups in total. The summed E-state index contributed by atoms with van der Waals surface area (Å²) < 4.78 is 31.7. The summed E-state index contributed by atoms with van der Waals surface area (Å²) in [5.74, 6) is -2.17. The molecule has 1 aromatic rings. The Balaban J connectivity index is 0.000000185. The van der Waals surface area contributed by atoms with Crippen molar-refractivity contribution in [3.05, 3.63) is 11.9 Å². The zero-order valence-electron chi connectivity index (χ0n) is 8.66. The van der Waals surface area contributed by atoms with Crippen LogP contribution in [0.4, 0.5) is 13.2 Å². The zero-order chi connectivity index (χ0) is 12.9. The van der Waals surface area contributed by atoms with Gasteiger partial charge >= 0.3 is 12.1 Å². The van der Waals surface area contributed by atoms with Crippen LogP contribution in [0.5, 0.6) is 0 Å². The summed E-state index contributed by atoms with van der Waals surface area (Å²) in [6, 6.07) is 0. The van der Waals surface area contributed by atoms with Crippen molar-refractivity contribution in [3.8, 4) is 0 Å². The van der Waals surface area contributed by atoms with Crippen molar-refractivity contribution in [1.29, 1.82) is 0 Å². The van der Waals surface area contributed by atoms with Crippen molar-refractivity contribution >= 4 is 5.97 Å². The van der Waals surface area contributed by atoms with Crippen LogP contribution < -0.4 is 5.32 Å². The number of aliphatic carboxylic acids is 1. The minimum atomic E-state index is -5.08. The molecule has 1 saturated heterocycles. The number of carboxylic acid groups (broad SMARTS) is 1. The third kappa shape index (κ3) is 4.39. The number of alkyl halides is 3. The van der Waals surface area contributed by atoms with Crippen molar-refractivity contribution in [2.45, 2.75) is 18.5 Å². The summed E-state index contributed by atoms with van der Waals surface area (Å²) in [6.45, 7) is 2.16. The van der Waals surface area contributed by atoms with Gasteiger partial charge in [-0.25, -0.2) is 4.79 Å². The SMILES string of the molecule is O=C(O)C(F)(F)F.c1[nH]nnc1C1CCNC1. The van der Waals surface area contributed by atoms with E-state index in [-0.39, 0.29) is 0 Å². The zero-order valence-corrected chi connectivity index (χ0v) is 8.66. The number of nitrogens with zero attached hydrogens (tertiary/aromatic N) is 2. The monoisotopic (exact) mass is 252 g/mol. The molecule has 1 aliphatic rings. The largest absolute Gasteiger partial charge is 0.490 e. The molecular weight excluding hydrogens is 241 g/mol. The number of hydrogen-bond donors (Lipinski definition) is 3. The van der Waals surface area contributed by atoms with Crippen molar-refractivity contribution in [3.63, 3.8) is 0 Å². The predicted octanol–water partition coefficient (Wildman–Crippen LogP) is 0.515. The molecule has 0 radical (unpaired) electrons. The van der Waals surface area contributed by atoms with Gasteiger partial charge in [-0.05, 0) is 13.0 Å². The van der Waals surface area contributed by atoms with E-state index >= 15 is 0 Å². The first kappa shape index (κ1) is 13.4. The Labute approximate surface area is 94.2 Å². The molecule has 1 aliphatic heterocycles. The van der Waals surface area contributed by atoms with Gasteiger partial charge in [0.25, 0.3) is 0 Å². The third-order valence-corrected chi connectivity index (χ3v) is 2.16. The van der Waals surface area contributed by atoms with Gasteiger partial charge in [-0.1, -0.05) is 5.21 Å². The minimum Gasteiger partial charge on any atom is -0.475 e. The predicted molar refractivity (Wildman–Crippen MR) is 50.3 cm³/mol. The normalized spacial score (nSPS) is 19.6. The lowest BCUT2D eigenvalue weighted by Crippen LogP contribution is -2.21. The Morgan fingerprint density at radius 2 is 2.18 bits per heavy atom. The minimum absolute atomic E-state index is 0.582. The van der Waals surface area contributed by atoms with E-state index in [0.717, 1.165) is 18.8 Å². The van der Waals surface area contributed by atoms with Gasteiger partial charge in [-0.3, -0.25) is 5.10 Å². The second-order valence-corrected chi connectivity index (χ2v) is 3.39. The maximum Gasteiger partial charge on any atom is 0.490 e. The number of rotatable bonds is 1. The van der Waals surface area contributed by atoms with Gasteiger partial charge in [-0.2, -0.15) is 13.2 Å². The van der Waals surface area contributed by atoms with Gasteiger partial charge in [0, 0.05) is 18.7 Å². The van der Waals surface area contributed by atoms with Crippen LogP contribution in [0, 0.1) is 0 Å². The molecule has 17 heavy (non-hydrogen) atoms. The molecular formula is C8H11F3N4O2. The molecule has 1 aromatic heterocycles. The van der Waals surface area contributed by atoms with E-state index in [0.29, 0.717) is 5.92 Å². The van der Waals surface area contributed by atoms with E-state index in [9.17, 15) is 13.2 Å². The van der Waals surface area contributed by atoms with Gasteiger partial charge in [0.1, 0.15) is 0 Å². The molecule has 0 aromatic carbocycles. The molecule has 0 aliphatic carbocycles. The van der Waals surface area contributed by atoms with E-state index in [1.165, 1.54) is 6.42 Å². The summed E-state index contributed by atoms with van der Waals surface area (Å²) in [5, 5.41) is 20.7. The van der Waals surface area contributed by atoms with E-state index in [4.69, 9.17) is 9.90 Å². The molecule has 0 bridgehead atoms. The first-order valence-electron chi connectivity index (χ1n) is 4.78. The van der Waals surface area contributed by atoms with Gasteiger partial charge < -0.3 is 10.4 Å². The topological polar surface area (TPSA) is 90.9 Å². The number of aromatic nitrogens is 3. The van der Waals surface area contributed by atoms with Crippen LogP contribution in [0.1, 0.15) is 18.0 Å². The highest BCUT2D eigenvalue weighted by Gasteiger charge is 2.38. The fourth-order valence-corrected chi connectivity index (χ4v) is 1.32. The highest BCUT2D eigenvalue weighted by Crippen LogP contribution is 2.18. The lowest BCUT2D eigenvalue weighted by molar-refractivity contribution is -0.192. The Hall–Kier alpha value is -1.64. The molecule has 9 heteroatoms. The number of aromatic amines is 1. The smallest absolute Gasteiger partial charge is 0.475 e. The van der Waals surface area contributed by atoms with Crippen LogP contribution in [0.2, 0.25) is 0 Å². The fourth-order valence-electron chi connectivity index (χ4n) is 1.32. The highest BCUT2D eigenvalue weighted by atomic mass is 19.4. The molecule has 2 heterocycles. The Kier molecular flexibility index (Phi) is 4.44. The van der Waals surface area contributed by atoms with Crippen molar-refractivity contribution in [1.82, 2.24) is 20.7 Å². The number of nitrogens with one attached hydrogen (secondary N) is 2. The highest BCUT2D eigenvalue weighted by molar-refractivity contribution is 5.73. The van der Waals surface area contributed by atoms with Gasteiger partial charge in [0.05, 0.1) is 5.69 Å². The standard InChI is InChI=1S/C6H10N4.C2HF3O2/c1-2-7-3-5(1)6-4-8-10-9-6;3-2(4,5)1(6)7/h4-5,7H,1-3H2,(H,8,9,10);(H,6,7). The molecule has 0 saturated carbocycles. The molecule has 1 unspecified atom stereocenters. The Bertz CT molecular complexity index is 346. The number of carbonyl (C=O) groups is 1. The molecule has 1 fully saturated rings. The third-order valence-electron chi connectivity index (χ3n) is 2.16. The molecule has 0 spiro atoms. The summed E-state index contributed by atoms with van der Waals surface area (Å²) in [6.07, 6.45) is -2.02. The number of halogens is 3. The maximum absolute atomic E-state index is 10.6. The Morgan fingerprint density at radius 1 is 1.53 bits per heavy atom. The maximum atomic E-state index is 10.6. The van der Waals surface area contributed by atoms with E-state index in [1.807, 2.05) is 6.20 Å². The molecule has 2 rings (SSSR count). The van der Waals surface area contributed by atoms with E-state index < -0.39 is 12.1 Å². The second-order valence-electron chi connectivity index (χ2n) is 3.39. The fraction of sp³-hybridized carbons (Fsp3) is 0.625. The lowest BCUT2D eigenvalue weighted by Gasteiger charge is -1.99. The first-order valence-corrected chi connectivity index (χ1v) is 4.78. The summed E-state index contributed by atoms with van der Waals surface area (Å²) >= 11 is 0. The Morgan fingerprint density at radius 3 is 2.53 bits per heavy atom. The van der Waals surface area contributed by atoms with Crippen LogP contribution in [0.15, 0.2) is 6.20 Å². The van der Waals surface area contributed by atoms with Gasteiger partial charge in [0.2, 0.25) is 0 Å². The average Bonchev–Trinajstić information content (AvgIpc) is 2.90.